The third kappa shape index (κ3) is 4.28. The van der Waals surface area contributed by atoms with Gasteiger partial charge in [-0.05, 0) is 44.0 Å². The molecular formula is C19H28N2O3. The van der Waals surface area contributed by atoms with Crippen molar-refractivity contribution in [2.24, 2.45) is 5.92 Å². The lowest BCUT2D eigenvalue weighted by Crippen LogP contribution is -2.51. The van der Waals surface area contributed by atoms with Crippen LogP contribution in [0.2, 0.25) is 0 Å². The van der Waals surface area contributed by atoms with Crippen molar-refractivity contribution in [2.45, 2.75) is 33.6 Å². The zero-order valence-electron chi connectivity index (χ0n) is 15.0. The SMILES string of the molecule is CCOc1ccc(C(=O)N2CCN(C(=O)C(CC)CC)CC2)cc1. The second kappa shape index (κ2) is 8.71. The number of benzene rings is 1. The van der Waals surface area contributed by atoms with Crippen LogP contribution < -0.4 is 4.74 Å². The average Bonchev–Trinajstić information content (AvgIpc) is 2.63. The van der Waals surface area contributed by atoms with Gasteiger partial charge in [-0.2, -0.15) is 0 Å². The van der Waals surface area contributed by atoms with Gasteiger partial charge in [-0.15, -0.1) is 0 Å². The maximum absolute atomic E-state index is 12.6. The number of hydrogen-bond donors (Lipinski definition) is 0. The number of carbonyl (C=O) groups excluding carboxylic acids is 2. The molecule has 1 fully saturated rings. The first kappa shape index (κ1) is 18.3. The van der Waals surface area contributed by atoms with E-state index in [2.05, 4.69) is 13.8 Å². The molecule has 0 spiro atoms. The standard InChI is InChI=1S/C19H28N2O3/c1-4-15(5-2)18(22)20-11-13-21(14-12-20)19(23)16-7-9-17(10-8-16)24-6-3/h7-10,15H,4-6,11-14H2,1-3H3. The fourth-order valence-electron chi connectivity index (χ4n) is 3.07. The predicted octanol–water partition coefficient (Wildman–Crippen LogP) is 2.81. The zero-order chi connectivity index (χ0) is 17.5. The van der Waals surface area contributed by atoms with E-state index in [4.69, 9.17) is 4.74 Å². The second-order valence-electron chi connectivity index (χ2n) is 6.09. The van der Waals surface area contributed by atoms with Crippen molar-refractivity contribution in [2.75, 3.05) is 32.8 Å². The van der Waals surface area contributed by atoms with Crippen LogP contribution in [0.25, 0.3) is 0 Å². The maximum atomic E-state index is 12.6. The Morgan fingerprint density at radius 1 is 0.958 bits per heavy atom. The highest BCUT2D eigenvalue weighted by molar-refractivity contribution is 5.94. The Balaban J connectivity index is 1.91. The first-order valence-electron chi connectivity index (χ1n) is 8.91. The molecule has 132 valence electrons. The lowest BCUT2D eigenvalue weighted by atomic mass is 10.0. The van der Waals surface area contributed by atoms with E-state index < -0.39 is 0 Å². The Kier molecular flexibility index (Phi) is 6.64. The van der Waals surface area contributed by atoms with Crippen LogP contribution in [0, 0.1) is 5.92 Å². The number of nitrogens with zero attached hydrogens (tertiary/aromatic N) is 2. The summed E-state index contributed by atoms with van der Waals surface area (Å²) in [6.45, 7) is 9.09. The van der Waals surface area contributed by atoms with Gasteiger partial charge in [-0.25, -0.2) is 0 Å². The van der Waals surface area contributed by atoms with Crippen molar-refractivity contribution in [3.05, 3.63) is 29.8 Å². The first-order chi connectivity index (χ1) is 11.6. The monoisotopic (exact) mass is 332 g/mol. The Hall–Kier alpha value is -2.04. The van der Waals surface area contributed by atoms with Gasteiger partial charge in [0.05, 0.1) is 6.61 Å². The lowest BCUT2D eigenvalue weighted by molar-refractivity contribution is -0.137. The maximum Gasteiger partial charge on any atom is 0.253 e. The highest BCUT2D eigenvalue weighted by Gasteiger charge is 2.27. The van der Waals surface area contributed by atoms with E-state index in [0.717, 1.165) is 18.6 Å². The zero-order valence-corrected chi connectivity index (χ0v) is 15.0. The molecule has 1 heterocycles. The van der Waals surface area contributed by atoms with Crippen molar-refractivity contribution in [1.29, 1.82) is 0 Å². The minimum atomic E-state index is 0.0210. The highest BCUT2D eigenvalue weighted by Crippen LogP contribution is 2.17. The minimum Gasteiger partial charge on any atom is -0.494 e. The number of carbonyl (C=O) groups is 2. The van der Waals surface area contributed by atoms with Crippen molar-refractivity contribution in [3.63, 3.8) is 0 Å². The molecule has 0 aromatic heterocycles. The molecule has 1 saturated heterocycles. The molecule has 0 N–H and O–H groups in total. The number of amides is 2. The van der Waals surface area contributed by atoms with Crippen LogP contribution in [0.4, 0.5) is 0 Å². The summed E-state index contributed by atoms with van der Waals surface area (Å²) in [5.41, 5.74) is 0.665. The van der Waals surface area contributed by atoms with Crippen LogP contribution in [-0.2, 0) is 4.79 Å². The highest BCUT2D eigenvalue weighted by atomic mass is 16.5. The van der Waals surface area contributed by atoms with Crippen LogP contribution in [0.15, 0.2) is 24.3 Å². The number of piperazine rings is 1. The summed E-state index contributed by atoms with van der Waals surface area (Å²) in [6, 6.07) is 7.25. The Morgan fingerprint density at radius 2 is 1.50 bits per heavy atom. The van der Waals surface area contributed by atoms with E-state index in [1.165, 1.54) is 0 Å². The van der Waals surface area contributed by atoms with E-state index >= 15 is 0 Å². The lowest BCUT2D eigenvalue weighted by Gasteiger charge is -2.36. The van der Waals surface area contributed by atoms with Crippen LogP contribution in [0.3, 0.4) is 0 Å². The van der Waals surface area contributed by atoms with Crippen molar-refractivity contribution in [3.8, 4) is 5.75 Å². The van der Waals surface area contributed by atoms with E-state index in [0.29, 0.717) is 38.3 Å². The normalized spacial score (nSPS) is 14.8. The van der Waals surface area contributed by atoms with Crippen LogP contribution in [-0.4, -0.2) is 54.4 Å². The molecule has 5 nitrogen and oxygen atoms in total. The molecule has 1 aliphatic heterocycles. The summed E-state index contributed by atoms with van der Waals surface area (Å²) in [7, 11) is 0. The van der Waals surface area contributed by atoms with Gasteiger partial charge in [0.25, 0.3) is 5.91 Å². The van der Waals surface area contributed by atoms with Gasteiger partial charge in [0.15, 0.2) is 0 Å². The van der Waals surface area contributed by atoms with Crippen molar-refractivity contribution < 1.29 is 14.3 Å². The molecule has 2 rings (SSSR count). The molecule has 1 aromatic carbocycles. The van der Waals surface area contributed by atoms with Gasteiger partial charge in [0.2, 0.25) is 5.91 Å². The van der Waals surface area contributed by atoms with Gasteiger partial charge >= 0.3 is 0 Å². The van der Waals surface area contributed by atoms with Crippen LogP contribution >= 0.6 is 0 Å². The van der Waals surface area contributed by atoms with E-state index in [1.54, 1.807) is 12.1 Å². The largest absolute Gasteiger partial charge is 0.494 e. The molecular weight excluding hydrogens is 304 g/mol. The van der Waals surface area contributed by atoms with Gasteiger partial charge in [0, 0.05) is 37.7 Å². The molecule has 0 radical (unpaired) electrons. The van der Waals surface area contributed by atoms with Crippen LogP contribution in [0.1, 0.15) is 44.0 Å². The second-order valence-corrected chi connectivity index (χ2v) is 6.09. The predicted molar refractivity (Wildman–Crippen MR) is 94.2 cm³/mol. The van der Waals surface area contributed by atoms with E-state index in [1.807, 2.05) is 28.9 Å². The molecule has 0 aliphatic carbocycles. The minimum absolute atomic E-state index is 0.0210. The fourth-order valence-corrected chi connectivity index (χ4v) is 3.07. The summed E-state index contributed by atoms with van der Waals surface area (Å²) in [6.07, 6.45) is 1.75. The van der Waals surface area contributed by atoms with Gasteiger partial charge < -0.3 is 14.5 Å². The topological polar surface area (TPSA) is 49.9 Å². The number of hydrogen-bond acceptors (Lipinski definition) is 3. The summed E-state index contributed by atoms with van der Waals surface area (Å²) in [5.74, 6) is 1.13. The van der Waals surface area contributed by atoms with Gasteiger partial charge in [-0.1, -0.05) is 13.8 Å². The molecule has 0 saturated carbocycles. The summed E-state index contributed by atoms with van der Waals surface area (Å²) in [5, 5.41) is 0. The Labute approximate surface area is 144 Å². The summed E-state index contributed by atoms with van der Waals surface area (Å²) in [4.78, 5) is 28.7. The molecule has 1 aliphatic rings. The quantitative estimate of drug-likeness (QED) is 0.805. The van der Waals surface area contributed by atoms with Gasteiger partial charge in [-0.3, -0.25) is 9.59 Å². The molecule has 5 heteroatoms. The Morgan fingerprint density at radius 3 is 2.00 bits per heavy atom. The van der Waals surface area contributed by atoms with Gasteiger partial charge in [0.1, 0.15) is 5.75 Å². The third-order valence-electron chi connectivity index (χ3n) is 4.63. The molecule has 24 heavy (non-hydrogen) atoms. The van der Waals surface area contributed by atoms with Crippen molar-refractivity contribution in [1.82, 2.24) is 9.80 Å². The average molecular weight is 332 g/mol. The van der Waals surface area contributed by atoms with Crippen LogP contribution in [0.5, 0.6) is 5.75 Å². The Bertz CT molecular complexity index is 544. The molecule has 0 unspecified atom stereocenters. The van der Waals surface area contributed by atoms with Crippen molar-refractivity contribution >= 4 is 11.8 Å². The number of ether oxygens (including phenoxy) is 1. The summed E-state index contributed by atoms with van der Waals surface area (Å²) >= 11 is 0. The summed E-state index contributed by atoms with van der Waals surface area (Å²) < 4.78 is 5.40. The smallest absolute Gasteiger partial charge is 0.253 e. The molecule has 0 bridgehead atoms. The first-order valence-corrected chi connectivity index (χ1v) is 8.91. The molecule has 1 aromatic rings. The van der Waals surface area contributed by atoms with E-state index in [-0.39, 0.29) is 17.7 Å². The van der Waals surface area contributed by atoms with E-state index in [9.17, 15) is 9.59 Å². The number of rotatable bonds is 6. The fraction of sp³-hybridized carbons (Fsp3) is 0.579. The molecule has 2 amide bonds. The molecule has 0 atom stereocenters. The third-order valence-corrected chi connectivity index (χ3v) is 4.63.